The lowest BCUT2D eigenvalue weighted by Crippen LogP contribution is -2.10. The lowest BCUT2D eigenvalue weighted by molar-refractivity contribution is 1.30. The molecule has 7 aromatic carbocycles. The second-order valence-electron chi connectivity index (χ2n) is 11.2. The van der Waals surface area contributed by atoms with Crippen molar-refractivity contribution in [1.82, 2.24) is 4.98 Å². The molecule has 2 nitrogen and oxygen atoms in total. The molecule has 2 heterocycles. The van der Waals surface area contributed by atoms with Crippen molar-refractivity contribution in [2.24, 2.45) is 0 Å². The van der Waals surface area contributed by atoms with Crippen molar-refractivity contribution in [3.63, 3.8) is 0 Å². The number of nitrogens with zero attached hydrogens (tertiary/aromatic N) is 2. The molecule has 0 saturated heterocycles. The van der Waals surface area contributed by atoms with Crippen LogP contribution in [0.1, 0.15) is 0 Å². The highest BCUT2D eigenvalue weighted by atomic mass is 32.1. The van der Waals surface area contributed by atoms with Gasteiger partial charge in [0.2, 0.25) is 0 Å². The zero-order chi connectivity index (χ0) is 29.0. The minimum atomic E-state index is 0.991. The van der Waals surface area contributed by atoms with Crippen molar-refractivity contribution in [3.05, 3.63) is 158 Å². The minimum Gasteiger partial charge on any atom is -0.310 e. The van der Waals surface area contributed by atoms with Crippen molar-refractivity contribution in [2.45, 2.75) is 0 Å². The standard InChI is InChI=1S/C41H26N2S/c1-2-11-30(12-3-1)43(38-26-29-19-18-27-10-4-5-13-32(27)40(29)35-16-7-6-14-33(35)38)31-22-20-28(21-23-31)37-25-24-36-34-15-8-9-17-39(34)44-41(36)42-37/h1-26H. The van der Waals surface area contributed by atoms with Gasteiger partial charge in [0.25, 0.3) is 0 Å². The van der Waals surface area contributed by atoms with Gasteiger partial charge in [-0.3, -0.25) is 0 Å². The summed E-state index contributed by atoms with van der Waals surface area (Å²) >= 11 is 1.76. The lowest BCUT2D eigenvalue weighted by Gasteiger charge is -2.28. The van der Waals surface area contributed by atoms with Crippen LogP contribution < -0.4 is 4.90 Å². The van der Waals surface area contributed by atoms with Gasteiger partial charge >= 0.3 is 0 Å². The Morgan fingerprint density at radius 2 is 1.11 bits per heavy atom. The van der Waals surface area contributed by atoms with Gasteiger partial charge in [0, 0.05) is 37.8 Å². The summed E-state index contributed by atoms with van der Waals surface area (Å²) < 4.78 is 1.27. The Balaban J connectivity index is 1.21. The van der Waals surface area contributed by atoms with Crippen molar-refractivity contribution < 1.29 is 0 Å². The quantitative estimate of drug-likeness (QED) is 0.193. The topological polar surface area (TPSA) is 16.1 Å². The van der Waals surface area contributed by atoms with Crippen molar-refractivity contribution in [1.29, 1.82) is 0 Å². The first-order valence-electron chi connectivity index (χ1n) is 14.9. The van der Waals surface area contributed by atoms with Gasteiger partial charge in [0.15, 0.2) is 0 Å². The Hall–Kier alpha value is -5.51. The molecule has 0 atom stereocenters. The average Bonchev–Trinajstić information content (AvgIpc) is 3.47. The molecule has 0 bridgehead atoms. The second kappa shape index (κ2) is 10.0. The van der Waals surface area contributed by atoms with E-state index in [4.69, 9.17) is 4.98 Å². The fraction of sp³-hybridized carbons (Fsp3) is 0. The Labute approximate surface area is 259 Å². The van der Waals surface area contributed by atoms with Crippen molar-refractivity contribution in [3.8, 4) is 11.3 Å². The van der Waals surface area contributed by atoms with E-state index in [1.807, 2.05) is 0 Å². The Morgan fingerprint density at radius 3 is 1.95 bits per heavy atom. The van der Waals surface area contributed by atoms with Gasteiger partial charge in [-0.1, -0.05) is 109 Å². The first-order valence-corrected chi connectivity index (χ1v) is 15.7. The summed E-state index contributed by atoms with van der Waals surface area (Å²) in [6.45, 7) is 0. The molecular weight excluding hydrogens is 553 g/mol. The predicted molar refractivity (Wildman–Crippen MR) is 190 cm³/mol. The van der Waals surface area contributed by atoms with Gasteiger partial charge in [0.05, 0.1) is 11.4 Å². The van der Waals surface area contributed by atoms with Gasteiger partial charge in [0.1, 0.15) is 4.83 Å². The van der Waals surface area contributed by atoms with Crippen LogP contribution >= 0.6 is 11.3 Å². The van der Waals surface area contributed by atoms with Crippen molar-refractivity contribution in [2.75, 3.05) is 4.90 Å². The number of thiophene rings is 1. The van der Waals surface area contributed by atoms with Crippen LogP contribution in [0.4, 0.5) is 17.1 Å². The summed E-state index contributed by atoms with van der Waals surface area (Å²) in [5, 5.41) is 10.1. The van der Waals surface area contributed by atoms with E-state index in [0.717, 1.165) is 33.1 Å². The summed E-state index contributed by atoms with van der Waals surface area (Å²) in [6, 6.07) is 56.7. The Kier molecular flexibility index (Phi) is 5.71. The fourth-order valence-electron chi connectivity index (χ4n) is 6.60. The molecule has 0 fully saturated rings. The summed E-state index contributed by atoms with van der Waals surface area (Å²) in [5.41, 5.74) is 5.48. The lowest BCUT2D eigenvalue weighted by atomic mass is 9.94. The molecule has 0 spiro atoms. The third-order valence-corrected chi connectivity index (χ3v) is 9.73. The highest BCUT2D eigenvalue weighted by molar-refractivity contribution is 7.25. The monoisotopic (exact) mass is 578 g/mol. The van der Waals surface area contributed by atoms with Crippen LogP contribution in [0.15, 0.2) is 158 Å². The zero-order valence-corrected chi connectivity index (χ0v) is 24.6. The van der Waals surface area contributed by atoms with Gasteiger partial charge in [-0.25, -0.2) is 4.98 Å². The van der Waals surface area contributed by atoms with Crippen LogP contribution in [0.5, 0.6) is 0 Å². The Bertz CT molecular complexity index is 2490. The van der Waals surface area contributed by atoms with Gasteiger partial charge < -0.3 is 4.90 Å². The van der Waals surface area contributed by atoms with Crippen LogP contribution in [0.3, 0.4) is 0 Å². The number of anilines is 3. The average molecular weight is 579 g/mol. The SMILES string of the molecule is c1ccc(N(c2ccc(-c3ccc4c(n3)sc3ccccc34)cc2)c2cc3ccc4ccccc4c3c3ccccc23)cc1. The van der Waals surface area contributed by atoms with Crippen molar-refractivity contribution >= 4 is 81.0 Å². The van der Waals surface area contributed by atoms with E-state index >= 15 is 0 Å². The molecule has 44 heavy (non-hydrogen) atoms. The molecule has 0 aliphatic rings. The third kappa shape index (κ3) is 3.98. The zero-order valence-electron chi connectivity index (χ0n) is 23.8. The summed E-state index contributed by atoms with van der Waals surface area (Å²) in [5.74, 6) is 0. The van der Waals surface area contributed by atoms with Crippen LogP contribution in [0.25, 0.3) is 63.9 Å². The fourth-order valence-corrected chi connectivity index (χ4v) is 7.67. The molecule has 0 saturated carbocycles. The largest absolute Gasteiger partial charge is 0.310 e. The van der Waals surface area contributed by atoms with E-state index in [-0.39, 0.29) is 0 Å². The van der Waals surface area contributed by atoms with Crippen LogP contribution in [0.2, 0.25) is 0 Å². The van der Waals surface area contributed by atoms with E-state index in [1.165, 1.54) is 47.8 Å². The maximum absolute atomic E-state index is 5.08. The van der Waals surface area contributed by atoms with E-state index in [2.05, 4.69) is 163 Å². The molecule has 0 amide bonds. The maximum Gasteiger partial charge on any atom is 0.125 e. The Morgan fingerprint density at radius 1 is 0.455 bits per heavy atom. The molecule has 2 aromatic heterocycles. The summed E-state index contributed by atoms with van der Waals surface area (Å²) in [7, 11) is 0. The number of aromatic nitrogens is 1. The van der Waals surface area contributed by atoms with Gasteiger partial charge in [-0.05, 0) is 75.5 Å². The molecule has 0 aliphatic heterocycles. The number of pyridine rings is 1. The maximum atomic E-state index is 5.08. The molecule has 9 aromatic rings. The predicted octanol–water partition coefficient (Wildman–Crippen LogP) is 12.0. The van der Waals surface area contributed by atoms with Gasteiger partial charge in [-0.2, -0.15) is 0 Å². The third-order valence-electron chi connectivity index (χ3n) is 8.65. The summed E-state index contributed by atoms with van der Waals surface area (Å²) in [4.78, 5) is 8.53. The highest BCUT2D eigenvalue weighted by Crippen LogP contribution is 2.44. The molecule has 0 aliphatic carbocycles. The van der Waals surface area contributed by atoms with Crippen LogP contribution in [0, 0.1) is 0 Å². The number of hydrogen-bond donors (Lipinski definition) is 0. The van der Waals surface area contributed by atoms with Crippen LogP contribution in [-0.2, 0) is 0 Å². The molecule has 9 rings (SSSR count). The van der Waals surface area contributed by atoms with E-state index in [9.17, 15) is 0 Å². The number of fused-ring (bicyclic) bond motifs is 8. The number of rotatable bonds is 4. The number of benzene rings is 7. The molecule has 3 heteroatoms. The number of hydrogen-bond acceptors (Lipinski definition) is 3. The minimum absolute atomic E-state index is 0.991. The smallest absolute Gasteiger partial charge is 0.125 e. The first-order chi connectivity index (χ1) is 21.8. The highest BCUT2D eigenvalue weighted by Gasteiger charge is 2.18. The number of para-hydroxylation sites is 1. The van der Waals surface area contributed by atoms with E-state index in [1.54, 1.807) is 11.3 Å². The summed E-state index contributed by atoms with van der Waals surface area (Å²) in [6.07, 6.45) is 0. The first kappa shape index (κ1) is 25.0. The molecule has 0 radical (unpaired) electrons. The molecule has 206 valence electrons. The second-order valence-corrected chi connectivity index (χ2v) is 12.2. The van der Waals surface area contributed by atoms with E-state index in [0.29, 0.717) is 0 Å². The van der Waals surface area contributed by atoms with Crippen LogP contribution in [-0.4, -0.2) is 4.98 Å². The van der Waals surface area contributed by atoms with Gasteiger partial charge in [-0.15, -0.1) is 11.3 Å². The van der Waals surface area contributed by atoms with E-state index < -0.39 is 0 Å². The molecule has 0 N–H and O–H groups in total. The molecule has 0 unspecified atom stereocenters. The molecular formula is C41H26N2S. The normalized spacial score (nSPS) is 11.6.